The minimum Gasteiger partial charge on any atom is -0.460 e. The normalized spacial score (nSPS) is 9.87. The van der Waals surface area contributed by atoms with Gasteiger partial charge < -0.3 is 14.7 Å². The van der Waals surface area contributed by atoms with Crippen LogP contribution in [-0.2, 0) is 4.79 Å². The molecule has 0 spiro atoms. The summed E-state index contributed by atoms with van der Waals surface area (Å²) in [6, 6.07) is 17.3. The van der Waals surface area contributed by atoms with Crippen molar-refractivity contribution in [1.29, 1.82) is 0 Å². The van der Waals surface area contributed by atoms with E-state index in [1.165, 1.54) is 11.3 Å². The Labute approximate surface area is 138 Å². The van der Waals surface area contributed by atoms with Gasteiger partial charge in [0.25, 0.3) is 11.1 Å². The van der Waals surface area contributed by atoms with E-state index in [9.17, 15) is 4.79 Å². The van der Waals surface area contributed by atoms with E-state index >= 15 is 0 Å². The average Bonchev–Trinajstić information content (AvgIpc) is 3.04. The maximum atomic E-state index is 12.1. The van der Waals surface area contributed by atoms with Crippen molar-refractivity contribution in [3.05, 3.63) is 54.6 Å². The van der Waals surface area contributed by atoms with Gasteiger partial charge in [0.05, 0.1) is 10.2 Å². The first-order chi connectivity index (χ1) is 11.2. The third kappa shape index (κ3) is 4.28. The van der Waals surface area contributed by atoms with Crippen molar-refractivity contribution in [2.75, 3.05) is 25.7 Å². The SMILES string of the molecule is CN(C(=O)COc1nc2ccccc2s1)c1ccccc1.CO. The summed E-state index contributed by atoms with van der Waals surface area (Å²) in [6.07, 6.45) is 0. The van der Waals surface area contributed by atoms with E-state index in [2.05, 4.69) is 4.98 Å². The molecule has 0 radical (unpaired) electrons. The zero-order valence-electron chi connectivity index (χ0n) is 13.0. The minimum atomic E-state index is -0.111. The molecule has 120 valence electrons. The highest BCUT2D eigenvalue weighted by molar-refractivity contribution is 7.20. The molecule has 2 aromatic carbocycles. The maximum absolute atomic E-state index is 12.1. The van der Waals surface area contributed by atoms with Gasteiger partial charge in [-0.3, -0.25) is 4.79 Å². The van der Waals surface area contributed by atoms with Gasteiger partial charge in [0.1, 0.15) is 0 Å². The number of para-hydroxylation sites is 2. The summed E-state index contributed by atoms with van der Waals surface area (Å²) in [5.74, 6) is -0.111. The summed E-state index contributed by atoms with van der Waals surface area (Å²) in [5, 5.41) is 7.52. The van der Waals surface area contributed by atoms with Gasteiger partial charge in [0, 0.05) is 19.8 Å². The molecule has 1 heterocycles. The van der Waals surface area contributed by atoms with Crippen LogP contribution in [0.25, 0.3) is 10.2 Å². The number of fused-ring (bicyclic) bond motifs is 1. The van der Waals surface area contributed by atoms with Crippen LogP contribution in [0.15, 0.2) is 54.6 Å². The van der Waals surface area contributed by atoms with Crippen molar-refractivity contribution in [3.8, 4) is 5.19 Å². The van der Waals surface area contributed by atoms with Crippen LogP contribution in [0.5, 0.6) is 5.19 Å². The number of rotatable bonds is 4. The monoisotopic (exact) mass is 330 g/mol. The van der Waals surface area contributed by atoms with E-state index in [-0.39, 0.29) is 12.5 Å². The number of ether oxygens (including phenoxy) is 1. The fourth-order valence-electron chi connectivity index (χ4n) is 1.93. The van der Waals surface area contributed by atoms with Crippen LogP contribution >= 0.6 is 11.3 Å². The number of hydrogen-bond donors (Lipinski definition) is 1. The fourth-order valence-corrected chi connectivity index (χ4v) is 2.74. The third-order valence-electron chi connectivity index (χ3n) is 3.11. The average molecular weight is 330 g/mol. The molecule has 0 bridgehead atoms. The van der Waals surface area contributed by atoms with Gasteiger partial charge in [-0.25, -0.2) is 4.98 Å². The summed E-state index contributed by atoms with van der Waals surface area (Å²) in [7, 11) is 2.74. The van der Waals surface area contributed by atoms with Crippen molar-refractivity contribution in [1.82, 2.24) is 4.98 Å². The molecule has 0 aliphatic carbocycles. The van der Waals surface area contributed by atoms with Crippen LogP contribution in [0, 0.1) is 0 Å². The van der Waals surface area contributed by atoms with Crippen molar-refractivity contribution >= 4 is 33.1 Å². The molecule has 1 amide bonds. The molecule has 23 heavy (non-hydrogen) atoms. The Morgan fingerprint density at radius 3 is 2.48 bits per heavy atom. The predicted octanol–water partition coefficient (Wildman–Crippen LogP) is 2.95. The second-order valence-corrected chi connectivity index (χ2v) is 5.52. The van der Waals surface area contributed by atoms with Gasteiger partial charge in [0.15, 0.2) is 6.61 Å². The molecular weight excluding hydrogens is 312 g/mol. The summed E-state index contributed by atoms with van der Waals surface area (Å²) < 4.78 is 6.56. The largest absolute Gasteiger partial charge is 0.460 e. The van der Waals surface area contributed by atoms with Crippen LogP contribution in [0.2, 0.25) is 0 Å². The Morgan fingerprint density at radius 1 is 1.13 bits per heavy atom. The zero-order chi connectivity index (χ0) is 16.7. The summed E-state index contributed by atoms with van der Waals surface area (Å²) in [5.41, 5.74) is 1.73. The van der Waals surface area contributed by atoms with E-state index in [0.717, 1.165) is 23.0 Å². The van der Waals surface area contributed by atoms with Crippen molar-refractivity contribution in [2.24, 2.45) is 0 Å². The Kier molecular flexibility index (Phi) is 6.08. The number of aromatic nitrogens is 1. The third-order valence-corrected chi connectivity index (χ3v) is 4.06. The molecule has 0 saturated heterocycles. The Balaban J connectivity index is 0.000000924. The molecule has 0 aliphatic heterocycles. The Morgan fingerprint density at radius 2 is 1.78 bits per heavy atom. The fraction of sp³-hybridized carbons (Fsp3) is 0.176. The number of likely N-dealkylation sites (N-methyl/N-ethyl adjacent to an activating group) is 1. The van der Waals surface area contributed by atoms with Crippen LogP contribution in [0.1, 0.15) is 0 Å². The smallest absolute Gasteiger partial charge is 0.274 e. The number of benzene rings is 2. The number of anilines is 1. The van der Waals surface area contributed by atoms with Gasteiger partial charge in [0.2, 0.25) is 0 Å². The number of carbonyl (C=O) groups excluding carboxylic acids is 1. The zero-order valence-corrected chi connectivity index (χ0v) is 13.8. The molecule has 0 aliphatic rings. The highest BCUT2D eigenvalue weighted by atomic mass is 32.1. The molecule has 0 fully saturated rings. The molecule has 0 saturated carbocycles. The Bertz CT molecular complexity index is 726. The first kappa shape index (κ1) is 16.9. The van der Waals surface area contributed by atoms with E-state index < -0.39 is 0 Å². The molecule has 5 nitrogen and oxygen atoms in total. The lowest BCUT2D eigenvalue weighted by molar-refractivity contribution is -0.120. The van der Waals surface area contributed by atoms with E-state index in [0.29, 0.717) is 5.19 Å². The standard InChI is InChI=1S/C16H14N2O2S.CH4O/c1-18(12-7-3-2-4-8-12)15(19)11-20-16-17-13-9-5-6-10-14(13)21-16;1-2/h2-10H,11H2,1H3;2H,1H3. The van der Waals surface area contributed by atoms with Crippen molar-refractivity contribution in [2.45, 2.75) is 0 Å². The van der Waals surface area contributed by atoms with E-state index in [1.54, 1.807) is 11.9 Å². The predicted molar refractivity (Wildman–Crippen MR) is 93.1 cm³/mol. The van der Waals surface area contributed by atoms with Gasteiger partial charge in [-0.05, 0) is 24.3 Å². The van der Waals surface area contributed by atoms with Crippen molar-refractivity contribution < 1.29 is 14.6 Å². The maximum Gasteiger partial charge on any atom is 0.274 e. The van der Waals surface area contributed by atoms with Crippen LogP contribution in [0.4, 0.5) is 5.69 Å². The van der Waals surface area contributed by atoms with Crippen LogP contribution in [-0.4, -0.2) is 36.8 Å². The molecule has 6 heteroatoms. The minimum absolute atomic E-state index is 0.0226. The van der Waals surface area contributed by atoms with Crippen LogP contribution < -0.4 is 9.64 Å². The number of thiazole rings is 1. The topological polar surface area (TPSA) is 62.7 Å². The van der Waals surface area contributed by atoms with Gasteiger partial charge in [-0.2, -0.15) is 0 Å². The number of carbonyl (C=O) groups is 1. The first-order valence-electron chi connectivity index (χ1n) is 6.99. The number of aliphatic hydroxyl groups excluding tert-OH is 1. The highest BCUT2D eigenvalue weighted by Crippen LogP contribution is 2.27. The lowest BCUT2D eigenvalue weighted by Crippen LogP contribution is -2.31. The molecule has 0 atom stereocenters. The second-order valence-electron chi connectivity index (χ2n) is 4.52. The summed E-state index contributed by atoms with van der Waals surface area (Å²) in [6.45, 7) is -0.0226. The Hall–Kier alpha value is -2.44. The lowest BCUT2D eigenvalue weighted by Gasteiger charge is -2.16. The molecule has 1 N–H and O–H groups in total. The van der Waals surface area contributed by atoms with E-state index in [4.69, 9.17) is 9.84 Å². The molecule has 1 aromatic heterocycles. The molecule has 3 aromatic rings. The number of nitrogens with zero attached hydrogens (tertiary/aromatic N) is 2. The molecular formula is C17H18N2O3S. The van der Waals surface area contributed by atoms with Gasteiger partial charge in [-0.1, -0.05) is 41.7 Å². The number of hydrogen-bond acceptors (Lipinski definition) is 5. The molecule has 3 rings (SSSR count). The number of aliphatic hydroxyl groups is 1. The first-order valence-corrected chi connectivity index (χ1v) is 7.80. The summed E-state index contributed by atoms with van der Waals surface area (Å²) in [4.78, 5) is 18.0. The quantitative estimate of drug-likeness (QED) is 0.799. The van der Waals surface area contributed by atoms with Gasteiger partial charge in [-0.15, -0.1) is 0 Å². The summed E-state index contributed by atoms with van der Waals surface area (Å²) >= 11 is 1.44. The van der Waals surface area contributed by atoms with E-state index in [1.807, 2.05) is 54.6 Å². The van der Waals surface area contributed by atoms with Gasteiger partial charge >= 0.3 is 0 Å². The highest BCUT2D eigenvalue weighted by Gasteiger charge is 2.12. The van der Waals surface area contributed by atoms with Crippen LogP contribution in [0.3, 0.4) is 0 Å². The second kappa shape index (κ2) is 8.26. The number of amides is 1. The molecule has 0 unspecified atom stereocenters. The lowest BCUT2D eigenvalue weighted by atomic mass is 10.3. The van der Waals surface area contributed by atoms with Crippen molar-refractivity contribution in [3.63, 3.8) is 0 Å².